The highest BCUT2D eigenvalue weighted by Gasteiger charge is 2.31. The number of rotatable bonds is 6. The molecular weight excluding hydrogens is 464 g/mol. The molecule has 3 N–H and O–H groups in total. The summed E-state index contributed by atoms with van der Waals surface area (Å²) in [5, 5.41) is 4.57. The molecule has 5 heterocycles. The van der Waals surface area contributed by atoms with Crippen molar-refractivity contribution in [3.05, 3.63) is 60.2 Å². The van der Waals surface area contributed by atoms with Gasteiger partial charge in [0.2, 0.25) is 5.91 Å². The molecule has 1 amide bonds. The van der Waals surface area contributed by atoms with Crippen LogP contribution in [0.5, 0.6) is 0 Å². The number of aromatic amines is 1. The van der Waals surface area contributed by atoms with Gasteiger partial charge in [-0.15, -0.1) is 11.3 Å². The predicted molar refractivity (Wildman–Crippen MR) is 135 cm³/mol. The lowest BCUT2D eigenvalue weighted by molar-refractivity contribution is -0.131. The van der Waals surface area contributed by atoms with Gasteiger partial charge in [0.25, 0.3) is 0 Å². The van der Waals surface area contributed by atoms with Crippen molar-refractivity contribution in [1.82, 2.24) is 30.7 Å². The highest BCUT2D eigenvalue weighted by molar-refractivity contribution is 7.22. The van der Waals surface area contributed by atoms with Crippen LogP contribution in [0.3, 0.4) is 0 Å². The fourth-order valence-corrected chi connectivity index (χ4v) is 5.63. The van der Waals surface area contributed by atoms with Gasteiger partial charge in [-0.1, -0.05) is 24.3 Å². The van der Waals surface area contributed by atoms with Crippen LogP contribution in [0.4, 0.5) is 0 Å². The van der Waals surface area contributed by atoms with Gasteiger partial charge >= 0.3 is 0 Å². The minimum atomic E-state index is 0.00397. The second kappa shape index (κ2) is 8.88. The molecule has 1 fully saturated rings. The number of nitrogens with zero attached hydrogens (tertiary/aromatic N) is 3. The van der Waals surface area contributed by atoms with E-state index < -0.39 is 0 Å². The number of fused-ring (bicyclic) bond motifs is 1. The Morgan fingerprint density at radius 1 is 1.26 bits per heavy atom. The van der Waals surface area contributed by atoms with Crippen LogP contribution in [0.15, 0.2) is 53.2 Å². The first-order valence-electron chi connectivity index (χ1n) is 11.6. The maximum absolute atomic E-state index is 12.4. The van der Waals surface area contributed by atoms with Gasteiger partial charge in [-0.05, 0) is 19.9 Å². The summed E-state index contributed by atoms with van der Waals surface area (Å²) in [6.07, 6.45) is 5.66. The average molecular weight is 491 g/mol. The molecule has 10 heteroatoms. The molecule has 4 aromatic rings. The molecule has 0 spiro atoms. The Labute approximate surface area is 206 Å². The monoisotopic (exact) mass is 490 g/mol. The number of amides is 1. The molecule has 35 heavy (non-hydrogen) atoms. The SMILES string of the molecule is CNCC(=O)N1CCCC1c1ncc(-c2cc3oc(-c4ccc(C5=CN(C)ON5)cc4)cc3s2)[nH]1. The second-order valence-electron chi connectivity index (χ2n) is 8.77. The maximum atomic E-state index is 12.4. The molecule has 0 saturated carbocycles. The van der Waals surface area contributed by atoms with Crippen LogP contribution in [-0.4, -0.2) is 53.0 Å². The van der Waals surface area contributed by atoms with Gasteiger partial charge in [-0.2, -0.15) is 4.94 Å². The van der Waals surface area contributed by atoms with E-state index in [1.807, 2.05) is 54.7 Å². The lowest BCUT2D eigenvalue weighted by atomic mass is 10.1. The zero-order valence-electron chi connectivity index (χ0n) is 19.5. The molecule has 9 nitrogen and oxygen atoms in total. The number of nitrogens with one attached hydrogen (secondary N) is 3. The number of likely N-dealkylation sites (tertiary alicyclic amines) is 1. The number of benzene rings is 1. The van der Waals surface area contributed by atoms with Crippen LogP contribution in [0.1, 0.15) is 30.3 Å². The Kier molecular flexibility index (Phi) is 5.56. The van der Waals surface area contributed by atoms with E-state index in [1.165, 1.54) is 0 Å². The summed E-state index contributed by atoms with van der Waals surface area (Å²) in [5.74, 6) is 1.79. The summed E-state index contributed by atoms with van der Waals surface area (Å²) < 4.78 is 7.25. The van der Waals surface area contributed by atoms with E-state index in [-0.39, 0.29) is 11.9 Å². The summed E-state index contributed by atoms with van der Waals surface area (Å²) in [6.45, 7) is 1.12. The van der Waals surface area contributed by atoms with Crippen molar-refractivity contribution >= 4 is 33.2 Å². The molecule has 2 aliphatic rings. The molecule has 0 aliphatic carbocycles. The average Bonchev–Trinajstić information content (AvgIpc) is 3.66. The number of imidazole rings is 1. The number of hydrogen-bond donors (Lipinski definition) is 3. The van der Waals surface area contributed by atoms with Crippen LogP contribution in [0.25, 0.3) is 37.9 Å². The normalized spacial score (nSPS) is 17.9. The van der Waals surface area contributed by atoms with E-state index in [4.69, 9.17) is 9.36 Å². The highest BCUT2D eigenvalue weighted by Crippen LogP contribution is 2.39. The third-order valence-corrected chi connectivity index (χ3v) is 7.47. The molecule has 1 aromatic carbocycles. The van der Waals surface area contributed by atoms with Gasteiger partial charge in [-0.25, -0.2) is 15.5 Å². The second-order valence-corrected chi connectivity index (χ2v) is 9.85. The molecule has 0 bridgehead atoms. The Morgan fingerprint density at radius 2 is 2.09 bits per heavy atom. The van der Waals surface area contributed by atoms with E-state index in [2.05, 4.69) is 26.8 Å². The highest BCUT2D eigenvalue weighted by atomic mass is 32.1. The van der Waals surface area contributed by atoms with Gasteiger partial charge in [-0.3, -0.25) is 4.79 Å². The van der Waals surface area contributed by atoms with Crippen molar-refractivity contribution in [2.45, 2.75) is 18.9 Å². The predicted octanol–water partition coefficient (Wildman–Crippen LogP) is 4.11. The van der Waals surface area contributed by atoms with Crippen LogP contribution in [-0.2, 0) is 9.73 Å². The van der Waals surface area contributed by atoms with Crippen molar-refractivity contribution in [3.8, 4) is 21.9 Å². The van der Waals surface area contributed by atoms with E-state index >= 15 is 0 Å². The van der Waals surface area contributed by atoms with Gasteiger partial charge in [0.1, 0.15) is 17.2 Å². The molecule has 2 aliphatic heterocycles. The number of hydroxylamine groups is 3. The van der Waals surface area contributed by atoms with Gasteiger partial charge in [0.05, 0.1) is 46.0 Å². The zero-order valence-corrected chi connectivity index (χ0v) is 20.3. The van der Waals surface area contributed by atoms with Crippen molar-refractivity contribution in [1.29, 1.82) is 0 Å². The summed E-state index contributed by atoms with van der Waals surface area (Å²) >= 11 is 1.66. The summed E-state index contributed by atoms with van der Waals surface area (Å²) in [7, 11) is 3.62. The lowest BCUT2D eigenvalue weighted by Crippen LogP contribution is -2.37. The van der Waals surface area contributed by atoms with Crippen LogP contribution < -0.4 is 10.8 Å². The molecule has 1 saturated heterocycles. The third-order valence-electron chi connectivity index (χ3n) is 6.38. The fourth-order valence-electron chi connectivity index (χ4n) is 4.65. The molecule has 3 aromatic heterocycles. The maximum Gasteiger partial charge on any atom is 0.237 e. The number of furan rings is 1. The quantitative estimate of drug-likeness (QED) is 0.374. The minimum Gasteiger partial charge on any atom is -0.455 e. The molecule has 180 valence electrons. The lowest BCUT2D eigenvalue weighted by Gasteiger charge is -2.23. The third kappa shape index (κ3) is 4.09. The number of H-pyrrole nitrogens is 1. The van der Waals surface area contributed by atoms with Crippen molar-refractivity contribution in [2.24, 2.45) is 0 Å². The number of carbonyl (C=O) groups is 1. The number of aromatic nitrogens is 2. The topological polar surface area (TPSA) is 98.7 Å². The first-order valence-corrected chi connectivity index (χ1v) is 12.4. The first-order chi connectivity index (χ1) is 17.1. The smallest absolute Gasteiger partial charge is 0.237 e. The Balaban J connectivity index is 1.20. The van der Waals surface area contributed by atoms with Gasteiger partial charge in [0, 0.05) is 36.9 Å². The molecule has 1 unspecified atom stereocenters. The number of thiophene rings is 1. The van der Waals surface area contributed by atoms with Crippen molar-refractivity contribution < 1.29 is 14.2 Å². The first kappa shape index (κ1) is 21.9. The fraction of sp³-hybridized carbons (Fsp3) is 0.280. The molecular formula is C25H26N6O3S. The summed E-state index contributed by atoms with van der Waals surface area (Å²) in [5.41, 5.74) is 7.65. The van der Waals surface area contributed by atoms with E-state index in [1.54, 1.807) is 23.4 Å². The minimum absolute atomic E-state index is 0.00397. The summed E-state index contributed by atoms with van der Waals surface area (Å²) in [4.78, 5) is 28.7. The molecule has 1 atom stereocenters. The molecule has 0 radical (unpaired) electrons. The number of hydrogen-bond acceptors (Lipinski definition) is 8. The Bertz CT molecular complexity index is 1370. The van der Waals surface area contributed by atoms with Crippen molar-refractivity contribution in [3.63, 3.8) is 0 Å². The van der Waals surface area contributed by atoms with E-state index in [0.29, 0.717) is 6.54 Å². The van der Waals surface area contributed by atoms with Crippen LogP contribution in [0.2, 0.25) is 0 Å². The largest absolute Gasteiger partial charge is 0.455 e. The van der Waals surface area contributed by atoms with Gasteiger partial charge in [0.15, 0.2) is 0 Å². The number of carbonyl (C=O) groups excluding carboxylic acids is 1. The van der Waals surface area contributed by atoms with Crippen molar-refractivity contribution in [2.75, 3.05) is 27.2 Å². The van der Waals surface area contributed by atoms with Gasteiger partial charge < -0.3 is 19.6 Å². The van der Waals surface area contributed by atoms with E-state index in [9.17, 15) is 4.79 Å². The van der Waals surface area contributed by atoms with Crippen LogP contribution in [0, 0.1) is 0 Å². The molecule has 6 rings (SSSR count). The Hall–Kier alpha value is -3.60. The Morgan fingerprint density at radius 3 is 2.83 bits per heavy atom. The van der Waals surface area contributed by atoms with Crippen LogP contribution >= 0.6 is 11.3 Å². The number of likely N-dealkylation sites (N-methyl/N-ethyl adjacent to an activating group) is 1. The standard InChI is InChI=1S/C25H26N6O3S/c1-26-13-24(32)31-9-3-4-19(31)25-27-12-17(28-25)22-11-21-23(35-22)10-20(33-21)16-7-5-15(6-8-16)18-14-30(2)34-29-18/h5-8,10-12,14,19,26,29H,3-4,9,13H2,1-2H3,(H,27,28). The zero-order chi connectivity index (χ0) is 23.9. The van der Waals surface area contributed by atoms with E-state index in [0.717, 1.165) is 68.6 Å². The summed E-state index contributed by atoms with van der Waals surface area (Å²) in [6, 6.07) is 12.3.